The SMILES string of the molecule is [2H]C([2H])([2H])ONC(=O)C1=C(C(=O)Nc2c(F)c(F)c(-c3cc(F)cc(OC([2H])([2H])[2H])c3)c(F)c2F)COC1. The van der Waals surface area contributed by atoms with Crippen molar-refractivity contribution in [3.8, 4) is 16.9 Å². The number of benzene rings is 2. The van der Waals surface area contributed by atoms with Crippen LogP contribution in [0.25, 0.3) is 11.1 Å². The van der Waals surface area contributed by atoms with E-state index >= 15 is 0 Å². The number of halogens is 5. The fourth-order valence-corrected chi connectivity index (χ4v) is 2.89. The number of methoxy groups -OCH3 is 1. The summed E-state index contributed by atoms with van der Waals surface area (Å²) in [6.07, 6.45) is 0. The lowest BCUT2D eigenvalue weighted by atomic mass is 10.0. The fourth-order valence-electron chi connectivity index (χ4n) is 2.89. The van der Waals surface area contributed by atoms with Gasteiger partial charge in [-0.1, -0.05) is 0 Å². The highest BCUT2D eigenvalue weighted by molar-refractivity contribution is 6.10. The Balaban J connectivity index is 1.97. The Morgan fingerprint density at radius 2 is 1.59 bits per heavy atom. The van der Waals surface area contributed by atoms with Crippen molar-refractivity contribution in [1.29, 1.82) is 0 Å². The quantitative estimate of drug-likeness (QED) is 0.390. The highest BCUT2D eigenvalue weighted by Gasteiger charge is 2.31. The lowest BCUT2D eigenvalue weighted by Gasteiger charge is -2.14. The van der Waals surface area contributed by atoms with Crippen molar-refractivity contribution >= 4 is 17.5 Å². The first-order chi connectivity index (χ1) is 17.5. The first-order valence-electron chi connectivity index (χ1n) is 11.4. The summed E-state index contributed by atoms with van der Waals surface area (Å²) in [6, 6.07) is 1.64. The third-order valence-electron chi connectivity index (χ3n) is 4.33. The predicted octanol–water partition coefficient (Wildman–Crippen LogP) is 3.00. The van der Waals surface area contributed by atoms with Gasteiger partial charge in [0.25, 0.3) is 11.8 Å². The van der Waals surface area contributed by atoms with Crippen LogP contribution < -0.4 is 15.5 Å². The topological polar surface area (TPSA) is 85.9 Å². The van der Waals surface area contributed by atoms with Crippen LogP contribution in [0.5, 0.6) is 5.75 Å². The number of carbonyl (C=O) groups is 2. The van der Waals surface area contributed by atoms with E-state index in [1.54, 1.807) is 5.32 Å². The number of anilines is 1. The molecule has 0 radical (unpaired) electrons. The van der Waals surface area contributed by atoms with Crippen molar-refractivity contribution in [2.24, 2.45) is 0 Å². The summed E-state index contributed by atoms with van der Waals surface area (Å²) in [6.45, 7) is -1.13. The molecule has 1 aliphatic heterocycles. The summed E-state index contributed by atoms with van der Waals surface area (Å²) in [5.41, 5.74) is -3.38. The van der Waals surface area contributed by atoms with Crippen LogP contribution in [0.4, 0.5) is 27.6 Å². The van der Waals surface area contributed by atoms with Crippen LogP contribution >= 0.6 is 0 Å². The van der Waals surface area contributed by atoms with Gasteiger partial charge in [-0.2, -0.15) is 0 Å². The van der Waals surface area contributed by atoms with Gasteiger partial charge in [-0.25, -0.2) is 27.4 Å². The molecule has 0 aromatic heterocycles. The molecule has 0 aliphatic carbocycles. The Labute approximate surface area is 186 Å². The summed E-state index contributed by atoms with van der Waals surface area (Å²) >= 11 is 0. The van der Waals surface area contributed by atoms with E-state index in [1.807, 2.05) is 0 Å². The molecule has 3 rings (SSSR count). The molecule has 170 valence electrons. The number of hydrogen-bond donors (Lipinski definition) is 2. The molecule has 0 spiro atoms. The smallest absolute Gasteiger partial charge is 0.273 e. The standard InChI is InChI=1S/C20H15F5N2O5/c1-30-10-4-8(3-9(21)5-10)13-14(22)16(24)18(17(25)15(13)23)26-19(28)11-6-32-7-12(11)20(29)27-31-2/h3-5H,6-7H2,1-2H3,(H,26,28)(H,27,29)/i1D3,2D3. The summed E-state index contributed by atoms with van der Waals surface area (Å²) in [5.74, 6) is -13.0. The van der Waals surface area contributed by atoms with Gasteiger partial charge >= 0.3 is 0 Å². The molecule has 1 aliphatic rings. The lowest BCUT2D eigenvalue weighted by Crippen LogP contribution is -2.27. The second kappa shape index (κ2) is 9.32. The highest BCUT2D eigenvalue weighted by Crippen LogP contribution is 2.36. The van der Waals surface area contributed by atoms with Crippen molar-refractivity contribution in [3.63, 3.8) is 0 Å². The lowest BCUT2D eigenvalue weighted by molar-refractivity contribution is -0.127. The Bertz CT molecular complexity index is 1300. The number of ether oxygens (including phenoxy) is 2. The van der Waals surface area contributed by atoms with Crippen molar-refractivity contribution in [2.75, 3.05) is 32.6 Å². The molecule has 32 heavy (non-hydrogen) atoms. The maximum Gasteiger partial charge on any atom is 0.273 e. The van der Waals surface area contributed by atoms with Gasteiger partial charge in [-0.05, 0) is 17.7 Å². The molecule has 2 aromatic rings. The molecule has 7 nitrogen and oxygen atoms in total. The van der Waals surface area contributed by atoms with Gasteiger partial charge in [-0.15, -0.1) is 0 Å². The molecule has 2 amide bonds. The summed E-state index contributed by atoms with van der Waals surface area (Å²) in [4.78, 5) is 28.8. The molecule has 0 unspecified atom stereocenters. The van der Waals surface area contributed by atoms with Crippen molar-refractivity contribution < 1.29 is 54.1 Å². The molecule has 2 aromatic carbocycles. The van der Waals surface area contributed by atoms with Gasteiger partial charge in [0.05, 0.1) is 52.2 Å². The third kappa shape index (κ3) is 4.27. The Morgan fingerprint density at radius 1 is 0.938 bits per heavy atom. The zero-order valence-electron chi connectivity index (χ0n) is 21.6. The number of hydroxylamine groups is 1. The Kier molecular flexibility index (Phi) is 4.71. The minimum atomic E-state index is -3.08. The third-order valence-corrected chi connectivity index (χ3v) is 4.33. The van der Waals surface area contributed by atoms with E-state index in [1.165, 1.54) is 5.48 Å². The zero-order chi connectivity index (χ0) is 28.6. The molecule has 12 heteroatoms. The van der Waals surface area contributed by atoms with E-state index in [2.05, 4.69) is 9.57 Å². The van der Waals surface area contributed by atoms with Crippen molar-refractivity contribution in [2.45, 2.75) is 0 Å². The normalized spacial score (nSPS) is 16.9. The van der Waals surface area contributed by atoms with Gasteiger partial charge in [-0.3, -0.25) is 14.4 Å². The fraction of sp³-hybridized carbons (Fsp3) is 0.200. The van der Waals surface area contributed by atoms with E-state index < -0.39 is 102 Å². The zero-order valence-corrected chi connectivity index (χ0v) is 15.6. The second-order valence-corrected chi connectivity index (χ2v) is 6.22. The molecule has 0 atom stereocenters. The van der Waals surface area contributed by atoms with Gasteiger partial charge in [0.1, 0.15) is 17.3 Å². The van der Waals surface area contributed by atoms with Crippen LogP contribution in [0, 0.1) is 29.1 Å². The average Bonchev–Trinajstić information content (AvgIpc) is 3.27. The van der Waals surface area contributed by atoms with E-state index in [4.69, 9.17) is 13.0 Å². The van der Waals surface area contributed by atoms with Gasteiger partial charge in [0, 0.05) is 6.07 Å². The van der Waals surface area contributed by atoms with E-state index in [9.17, 15) is 31.5 Å². The second-order valence-electron chi connectivity index (χ2n) is 6.22. The largest absolute Gasteiger partial charge is 0.497 e. The van der Waals surface area contributed by atoms with Gasteiger partial charge in [0.15, 0.2) is 23.3 Å². The Morgan fingerprint density at radius 3 is 2.22 bits per heavy atom. The van der Waals surface area contributed by atoms with E-state index in [0.717, 1.165) is 0 Å². The molecule has 0 bridgehead atoms. The minimum Gasteiger partial charge on any atom is -0.497 e. The van der Waals surface area contributed by atoms with Crippen LogP contribution in [0.3, 0.4) is 0 Å². The summed E-state index contributed by atoms with van der Waals surface area (Å²) in [7, 11) is -6.12. The van der Waals surface area contributed by atoms with Crippen LogP contribution in [-0.2, 0) is 19.2 Å². The number of hydrogen-bond acceptors (Lipinski definition) is 5. The first kappa shape index (κ1) is 16.2. The molecule has 0 saturated carbocycles. The maximum absolute atomic E-state index is 14.9. The van der Waals surface area contributed by atoms with Crippen LogP contribution in [0.2, 0.25) is 0 Å². The molecular formula is C20H15F5N2O5. The number of nitrogens with one attached hydrogen (secondary N) is 2. The molecule has 1 heterocycles. The highest BCUT2D eigenvalue weighted by atomic mass is 19.2. The monoisotopic (exact) mass is 464 g/mol. The van der Waals surface area contributed by atoms with Crippen LogP contribution in [0.1, 0.15) is 8.22 Å². The van der Waals surface area contributed by atoms with E-state index in [0.29, 0.717) is 18.2 Å². The first-order valence-corrected chi connectivity index (χ1v) is 8.44. The van der Waals surface area contributed by atoms with Gasteiger partial charge < -0.3 is 14.8 Å². The number of rotatable bonds is 6. The maximum atomic E-state index is 14.9. The molecule has 0 fully saturated rings. The van der Waals surface area contributed by atoms with Crippen LogP contribution in [0.15, 0.2) is 29.3 Å². The molecule has 2 N–H and O–H groups in total. The van der Waals surface area contributed by atoms with Crippen LogP contribution in [-0.4, -0.2) is 39.1 Å². The molecule has 0 saturated heterocycles. The minimum absolute atomic E-state index is 0.456. The summed E-state index contributed by atoms with van der Waals surface area (Å²) in [5, 5.41) is 1.58. The van der Waals surface area contributed by atoms with Gasteiger partial charge in [0.2, 0.25) is 0 Å². The molecular weight excluding hydrogens is 443 g/mol. The predicted molar refractivity (Wildman–Crippen MR) is 99.8 cm³/mol. The Hall–Kier alpha value is -3.51. The summed E-state index contributed by atoms with van der Waals surface area (Å²) < 4.78 is 124. The average molecular weight is 464 g/mol. The number of amides is 2. The number of carbonyl (C=O) groups excluding carboxylic acids is 2. The van der Waals surface area contributed by atoms with Crippen molar-refractivity contribution in [3.05, 3.63) is 58.4 Å². The van der Waals surface area contributed by atoms with Crippen molar-refractivity contribution in [1.82, 2.24) is 5.48 Å². The van der Waals surface area contributed by atoms with E-state index in [-0.39, 0.29) is 0 Å².